The van der Waals surface area contributed by atoms with Gasteiger partial charge in [0, 0.05) is 29.8 Å². The van der Waals surface area contributed by atoms with Gasteiger partial charge in [-0.15, -0.1) is 0 Å². The molecule has 19 heavy (non-hydrogen) atoms. The highest BCUT2D eigenvalue weighted by Gasteiger charge is 2.17. The maximum Gasteiger partial charge on any atom is 0.242 e. The zero-order chi connectivity index (χ0) is 14.3. The minimum atomic E-state index is -3.55. The molecule has 0 saturated heterocycles. The summed E-state index contributed by atoms with van der Waals surface area (Å²) in [6.07, 6.45) is 4.74. The monoisotopic (exact) mass is 299 g/mol. The molecule has 1 atom stereocenters. The van der Waals surface area contributed by atoms with Gasteiger partial charge in [-0.25, -0.2) is 13.1 Å². The van der Waals surface area contributed by atoms with Crippen LogP contribution in [0.25, 0.3) is 0 Å². The molecule has 0 radical (unpaired) electrons. The molecular weight excluding hydrogens is 282 g/mol. The summed E-state index contributed by atoms with van der Waals surface area (Å²) in [5.74, 6) is 6.13. The summed E-state index contributed by atoms with van der Waals surface area (Å²) in [5, 5.41) is 0. The molecule has 0 spiro atoms. The summed E-state index contributed by atoms with van der Waals surface area (Å²) in [6, 6.07) is 1.35. The van der Waals surface area contributed by atoms with Gasteiger partial charge in [-0.05, 0) is 19.2 Å². The van der Waals surface area contributed by atoms with Crippen molar-refractivity contribution < 1.29 is 8.42 Å². The van der Waals surface area contributed by atoms with Crippen molar-refractivity contribution in [3.8, 4) is 11.8 Å². The van der Waals surface area contributed by atoms with Crippen LogP contribution < -0.4 is 10.5 Å². The molecule has 0 aliphatic carbocycles. The molecule has 5 nitrogen and oxygen atoms in total. The lowest BCUT2D eigenvalue weighted by Gasteiger charge is -2.12. The first-order chi connectivity index (χ1) is 8.99. The van der Waals surface area contributed by atoms with Crippen LogP contribution in [0.15, 0.2) is 23.4 Å². The summed E-state index contributed by atoms with van der Waals surface area (Å²) in [6.45, 7) is 2.04. The SMILES string of the molecule is CSCC(C)NS(=O)(=O)c1cncc(C#CCN)c1. The number of rotatable bonds is 5. The van der Waals surface area contributed by atoms with Gasteiger partial charge in [-0.1, -0.05) is 11.8 Å². The highest BCUT2D eigenvalue weighted by atomic mass is 32.2. The van der Waals surface area contributed by atoms with Crippen molar-refractivity contribution in [2.75, 3.05) is 18.6 Å². The van der Waals surface area contributed by atoms with E-state index in [-0.39, 0.29) is 17.5 Å². The average molecular weight is 299 g/mol. The number of hydrogen-bond donors (Lipinski definition) is 2. The third-order valence-electron chi connectivity index (χ3n) is 2.13. The van der Waals surface area contributed by atoms with Gasteiger partial charge in [0.05, 0.1) is 6.54 Å². The van der Waals surface area contributed by atoms with Crippen molar-refractivity contribution in [2.45, 2.75) is 17.9 Å². The second kappa shape index (κ2) is 7.50. The Balaban J connectivity index is 2.95. The predicted octanol–water partition coefficient (Wildman–Crippen LogP) is 0.422. The standard InChI is InChI=1S/C12H17N3O2S2/c1-10(9-18-2)15-19(16,17)12-6-11(4-3-5-13)7-14-8-12/h6-8,10,15H,5,9,13H2,1-2H3. The van der Waals surface area contributed by atoms with Crippen molar-refractivity contribution in [3.63, 3.8) is 0 Å². The third kappa shape index (κ3) is 5.20. The molecule has 0 amide bonds. The van der Waals surface area contributed by atoms with Crippen LogP contribution in [-0.2, 0) is 10.0 Å². The van der Waals surface area contributed by atoms with Crippen LogP contribution in [0.4, 0.5) is 0 Å². The summed E-state index contributed by atoms with van der Waals surface area (Å²) < 4.78 is 26.8. The van der Waals surface area contributed by atoms with Gasteiger partial charge in [-0.3, -0.25) is 4.98 Å². The van der Waals surface area contributed by atoms with Crippen molar-refractivity contribution in [2.24, 2.45) is 5.73 Å². The quantitative estimate of drug-likeness (QED) is 0.770. The fraction of sp³-hybridized carbons (Fsp3) is 0.417. The minimum absolute atomic E-state index is 0.115. The first kappa shape index (κ1) is 16.0. The van der Waals surface area contributed by atoms with Crippen LogP contribution in [0, 0.1) is 11.8 Å². The summed E-state index contributed by atoms with van der Waals surface area (Å²) in [5.41, 5.74) is 5.81. The van der Waals surface area contributed by atoms with Gasteiger partial charge in [0.25, 0.3) is 0 Å². The Hall–Kier alpha value is -1.07. The largest absolute Gasteiger partial charge is 0.320 e. The van der Waals surface area contributed by atoms with Gasteiger partial charge in [0.2, 0.25) is 10.0 Å². The molecule has 0 aromatic carbocycles. The molecule has 1 rings (SSSR count). The molecule has 0 aliphatic rings. The normalized spacial score (nSPS) is 12.6. The Kier molecular flexibility index (Phi) is 6.31. The zero-order valence-corrected chi connectivity index (χ0v) is 12.5. The molecule has 0 saturated carbocycles. The first-order valence-electron chi connectivity index (χ1n) is 5.65. The average Bonchev–Trinajstić information content (AvgIpc) is 2.36. The predicted molar refractivity (Wildman–Crippen MR) is 78.3 cm³/mol. The molecule has 0 fully saturated rings. The Bertz CT molecular complexity index is 576. The van der Waals surface area contributed by atoms with E-state index in [1.807, 2.05) is 13.2 Å². The Morgan fingerprint density at radius 2 is 2.26 bits per heavy atom. The van der Waals surface area contributed by atoms with Crippen LogP contribution in [0.5, 0.6) is 0 Å². The maximum absolute atomic E-state index is 12.1. The molecule has 7 heteroatoms. The fourth-order valence-corrected chi connectivity index (χ4v) is 3.32. The van der Waals surface area contributed by atoms with Crippen molar-refractivity contribution in [3.05, 3.63) is 24.0 Å². The fourth-order valence-electron chi connectivity index (χ4n) is 1.40. The number of sulfonamides is 1. The van der Waals surface area contributed by atoms with Crippen molar-refractivity contribution in [1.82, 2.24) is 9.71 Å². The van der Waals surface area contributed by atoms with E-state index in [1.54, 1.807) is 11.8 Å². The topological polar surface area (TPSA) is 85.1 Å². The number of aromatic nitrogens is 1. The van der Waals surface area contributed by atoms with Gasteiger partial charge < -0.3 is 5.73 Å². The molecule has 1 aromatic heterocycles. The number of nitrogens with one attached hydrogen (secondary N) is 1. The second-order valence-electron chi connectivity index (χ2n) is 3.89. The van der Waals surface area contributed by atoms with Gasteiger partial charge >= 0.3 is 0 Å². The van der Waals surface area contributed by atoms with Crippen LogP contribution in [-0.4, -0.2) is 38.0 Å². The number of pyridine rings is 1. The maximum atomic E-state index is 12.1. The van der Waals surface area contributed by atoms with Crippen molar-refractivity contribution >= 4 is 21.8 Å². The van der Waals surface area contributed by atoms with Crippen LogP contribution in [0.3, 0.4) is 0 Å². The Morgan fingerprint density at radius 1 is 1.53 bits per heavy atom. The first-order valence-corrected chi connectivity index (χ1v) is 8.52. The second-order valence-corrected chi connectivity index (χ2v) is 6.52. The van der Waals surface area contributed by atoms with E-state index in [4.69, 9.17) is 5.73 Å². The summed E-state index contributed by atoms with van der Waals surface area (Å²) in [4.78, 5) is 4.00. The van der Waals surface area contributed by atoms with Gasteiger partial charge in [0.1, 0.15) is 4.90 Å². The molecule has 1 aromatic rings. The number of hydrogen-bond acceptors (Lipinski definition) is 5. The summed E-state index contributed by atoms with van der Waals surface area (Å²) in [7, 11) is -3.55. The Labute approximate surface area is 118 Å². The zero-order valence-electron chi connectivity index (χ0n) is 10.9. The van der Waals surface area contributed by atoms with Crippen LogP contribution >= 0.6 is 11.8 Å². The van der Waals surface area contributed by atoms with E-state index in [9.17, 15) is 8.42 Å². The molecular formula is C12H17N3O2S2. The molecule has 104 valence electrons. The van der Waals surface area contributed by atoms with Gasteiger partial charge in [-0.2, -0.15) is 11.8 Å². The molecule has 3 N–H and O–H groups in total. The minimum Gasteiger partial charge on any atom is -0.320 e. The smallest absolute Gasteiger partial charge is 0.242 e. The number of thioether (sulfide) groups is 1. The van der Waals surface area contributed by atoms with E-state index in [0.717, 1.165) is 0 Å². The van der Waals surface area contributed by atoms with Gasteiger partial charge in [0.15, 0.2) is 0 Å². The highest BCUT2D eigenvalue weighted by Crippen LogP contribution is 2.10. The van der Waals surface area contributed by atoms with E-state index in [0.29, 0.717) is 11.3 Å². The van der Waals surface area contributed by atoms with E-state index < -0.39 is 10.0 Å². The lowest BCUT2D eigenvalue weighted by molar-refractivity contribution is 0.570. The number of nitrogens with zero attached hydrogens (tertiary/aromatic N) is 1. The lowest BCUT2D eigenvalue weighted by atomic mass is 10.3. The highest BCUT2D eigenvalue weighted by molar-refractivity contribution is 7.98. The summed E-state index contributed by atoms with van der Waals surface area (Å²) >= 11 is 1.58. The van der Waals surface area contributed by atoms with Crippen LogP contribution in [0.2, 0.25) is 0 Å². The molecule has 1 heterocycles. The molecule has 0 bridgehead atoms. The third-order valence-corrected chi connectivity index (χ3v) is 4.52. The van der Waals surface area contributed by atoms with Crippen LogP contribution in [0.1, 0.15) is 12.5 Å². The van der Waals surface area contributed by atoms with Crippen molar-refractivity contribution in [1.29, 1.82) is 0 Å². The number of nitrogens with two attached hydrogens (primary N) is 1. The molecule has 0 aliphatic heterocycles. The van der Waals surface area contributed by atoms with E-state index in [1.165, 1.54) is 18.5 Å². The molecule has 1 unspecified atom stereocenters. The van der Waals surface area contributed by atoms with E-state index in [2.05, 4.69) is 21.5 Å². The lowest BCUT2D eigenvalue weighted by Crippen LogP contribution is -2.34. The Morgan fingerprint density at radius 3 is 2.89 bits per heavy atom. The van der Waals surface area contributed by atoms with E-state index >= 15 is 0 Å².